The minimum absolute atomic E-state index is 0.355. The Balaban J connectivity index is 0.000000412. The van der Waals surface area contributed by atoms with Crippen molar-refractivity contribution >= 4 is 11.9 Å². The summed E-state index contributed by atoms with van der Waals surface area (Å²) in [5.74, 6) is -2.55. The second-order valence-corrected chi connectivity index (χ2v) is 5.34. The Kier molecular flexibility index (Phi) is 7.33. The number of carboxylic acids is 1. The summed E-state index contributed by atoms with van der Waals surface area (Å²) in [4.78, 5) is 20.9. The molecule has 0 aliphatic heterocycles. The summed E-state index contributed by atoms with van der Waals surface area (Å²) in [6.45, 7) is 4.47. The number of ether oxygens (including phenoxy) is 1. The summed E-state index contributed by atoms with van der Waals surface area (Å²) in [6.07, 6.45) is -5.08. The van der Waals surface area contributed by atoms with Crippen LogP contribution in [0.1, 0.15) is 27.0 Å². The summed E-state index contributed by atoms with van der Waals surface area (Å²) >= 11 is 0. The van der Waals surface area contributed by atoms with Crippen LogP contribution in [0.15, 0.2) is 42.5 Å². The van der Waals surface area contributed by atoms with E-state index in [0.29, 0.717) is 17.9 Å². The highest BCUT2D eigenvalue weighted by molar-refractivity contribution is 5.91. The predicted molar refractivity (Wildman–Crippen MR) is 88.9 cm³/mol. The summed E-state index contributed by atoms with van der Waals surface area (Å²) in [5.41, 5.74) is 9.30. The molecule has 0 spiro atoms. The van der Waals surface area contributed by atoms with Gasteiger partial charge in [-0.15, -0.1) is 0 Å². The van der Waals surface area contributed by atoms with E-state index in [1.54, 1.807) is 18.2 Å². The van der Waals surface area contributed by atoms with E-state index in [2.05, 4.69) is 0 Å². The minimum Gasteiger partial charge on any atom is -0.475 e. The highest BCUT2D eigenvalue weighted by Gasteiger charge is 2.38. The number of carbonyl (C=O) groups is 2. The van der Waals surface area contributed by atoms with Crippen molar-refractivity contribution in [1.82, 2.24) is 0 Å². The molecule has 5 nitrogen and oxygen atoms in total. The smallest absolute Gasteiger partial charge is 0.475 e. The van der Waals surface area contributed by atoms with Gasteiger partial charge < -0.3 is 15.6 Å². The van der Waals surface area contributed by atoms with E-state index in [1.807, 2.05) is 38.1 Å². The van der Waals surface area contributed by atoms with Gasteiger partial charge in [0.15, 0.2) is 0 Å². The topological polar surface area (TPSA) is 89.6 Å². The van der Waals surface area contributed by atoms with Crippen molar-refractivity contribution in [3.8, 4) is 5.75 Å². The van der Waals surface area contributed by atoms with E-state index in [0.717, 1.165) is 11.1 Å². The van der Waals surface area contributed by atoms with Crippen LogP contribution in [0.3, 0.4) is 0 Å². The van der Waals surface area contributed by atoms with Gasteiger partial charge in [0.1, 0.15) is 5.75 Å². The van der Waals surface area contributed by atoms with Gasteiger partial charge >= 0.3 is 18.1 Å². The van der Waals surface area contributed by atoms with Crippen molar-refractivity contribution in [2.75, 3.05) is 0 Å². The largest absolute Gasteiger partial charge is 0.490 e. The number of halogens is 3. The van der Waals surface area contributed by atoms with Crippen molar-refractivity contribution in [3.63, 3.8) is 0 Å². The molecule has 0 heterocycles. The van der Waals surface area contributed by atoms with Gasteiger partial charge in [-0.25, -0.2) is 9.59 Å². The van der Waals surface area contributed by atoms with Crippen LogP contribution in [0.4, 0.5) is 13.2 Å². The molecule has 0 unspecified atom stereocenters. The first-order chi connectivity index (χ1) is 12.0. The summed E-state index contributed by atoms with van der Waals surface area (Å²) in [5, 5.41) is 7.12. The van der Waals surface area contributed by atoms with Gasteiger partial charge in [0.2, 0.25) is 0 Å². The number of esters is 1. The zero-order valence-electron chi connectivity index (χ0n) is 14.1. The number of nitrogens with two attached hydrogens (primary N) is 1. The number of hydrogen-bond acceptors (Lipinski definition) is 4. The third kappa shape index (κ3) is 6.56. The number of hydrogen-bond donors (Lipinski definition) is 2. The molecule has 0 atom stereocenters. The van der Waals surface area contributed by atoms with Crippen molar-refractivity contribution in [3.05, 3.63) is 64.7 Å². The van der Waals surface area contributed by atoms with Crippen LogP contribution < -0.4 is 10.5 Å². The van der Waals surface area contributed by atoms with E-state index in [9.17, 15) is 18.0 Å². The summed E-state index contributed by atoms with van der Waals surface area (Å²) in [6, 6.07) is 12.7. The van der Waals surface area contributed by atoms with Crippen molar-refractivity contribution in [1.29, 1.82) is 0 Å². The van der Waals surface area contributed by atoms with Crippen LogP contribution in [-0.2, 0) is 11.3 Å². The van der Waals surface area contributed by atoms with Crippen LogP contribution in [0.5, 0.6) is 5.75 Å². The van der Waals surface area contributed by atoms with Crippen LogP contribution in [-0.4, -0.2) is 23.2 Å². The highest BCUT2D eigenvalue weighted by Crippen LogP contribution is 2.18. The Morgan fingerprint density at radius 1 is 1.04 bits per heavy atom. The predicted octanol–water partition coefficient (Wildman–Crippen LogP) is 3.61. The van der Waals surface area contributed by atoms with Gasteiger partial charge in [-0.1, -0.05) is 18.2 Å². The van der Waals surface area contributed by atoms with Crippen molar-refractivity contribution in [2.24, 2.45) is 5.73 Å². The van der Waals surface area contributed by atoms with E-state index in [1.165, 1.54) is 5.56 Å². The van der Waals surface area contributed by atoms with Crippen LogP contribution in [0.25, 0.3) is 0 Å². The molecule has 0 fully saturated rings. The van der Waals surface area contributed by atoms with E-state index >= 15 is 0 Å². The molecule has 0 aliphatic rings. The molecule has 0 bridgehead atoms. The summed E-state index contributed by atoms with van der Waals surface area (Å²) < 4.78 is 37.1. The fraction of sp³-hybridized carbons (Fsp3) is 0.222. The molecule has 26 heavy (non-hydrogen) atoms. The van der Waals surface area contributed by atoms with Crippen LogP contribution in [0, 0.1) is 13.8 Å². The van der Waals surface area contributed by atoms with Gasteiger partial charge in [0.05, 0.1) is 5.56 Å². The molecule has 8 heteroatoms. The normalized spacial score (nSPS) is 10.5. The number of carboxylic acid groups (broad SMARTS) is 1. The average molecular weight is 369 g/mol. The lowest BCUT2D eigenvalue weighted by molar-refractivity contribution is -0.192. The van der Waals surface area contributed by atoms with E-state index < -0.39 is 12.1 Å². The lowest BCUT2D eigenvalue weighted by atomic mass is 10.1. The lowest BCUT2D eigenvalue weighted by Crippen LogP contribution is -2.21. The second-order valence-electron chi connectivity index (χ2n) is 5.34. The molecule has 0 aromatic heterocycles. The third-order valence-electron chi connectivity index (χ3n) is 3.36. The summed E-state index contributed by atoms with van der Waals surface area (Å²) in [7, 11) is 0. The first-order valence-electron chi connectivity index (χ1n) is 7.43. The Morgan fingerprint density at radius 3 is 2.00 bits per heavy atom. The monoisotopic (exact) mass is 369 g/mol. The molecular weight excluding hydrogens is 351 g/mol. The Bertz CT molecular complexity index is 771. The Morgan fingerprint density at radius 2 is 1.58 bits per heavy atom. The molecule has 3 N–H and O–H groups in total. The second kappa shape index (κ2) is 9.00. The number of benzene rings is 2. The zero-order chi connectivity index (χ0) is 19.9. The molecule has 2 aromatic rings. The van der Waals surface area contributed by atoms with Gasteiger partial charge in [-0.2, -0.15) is 13.2 Å². The van der Waals surface area contributed by atoms with Gasteiger partial charge in [-0.05, 0) is 54.8 Å². The first-order valence-corrected chi connectivity index (χ1v) is 7.43. The standard InChI is InChI=1S/C16H17NO2.C2HF3O2/c1-11-3-8-15(9-12(11)2)19-16(18)14-6-4-13(10-17)5-7-14;3-2(4,5)1(6)7/h3-9H,10,17H2,1-2H3;(H,6,7). The molecule has 0 saturated heterocycles. The molecule has 2 rings (SSSR count). The Hall–Kier alpha value is -2.87. The number of rotatable bonds is 3. The van der Waals surface area contributed by atoms with Gasteiger partial charge in [-0.3, -0.25) is 0 Å². The van der Waals surface area contributed by atoms with Gasteiger partial charge in [0, 0.05) is 6.54 Å². The van der Waals surface area contributed by atoms with E-state index in [-0.39, 0.29) is 5.97 Å². The third-order valence-corrected chi connectivity index (χ3v) is 3.36. The Labute approximate surface area is 148 Å². The first kappa shape index (κ1) is 21.2. The van der Waals surface area contributed by atoms with Crippen molar-refractivity contribution < 1.29 is 32.6 Å². The van der Waals surface area contributed by atoms with Crippen molar-refractivity contribution in [2.45, 2.75) is 26.6 Å². The molecule has 0 saturated carbocycles. The maximum atomic E-state index is 12.0. The number of carbonyl (C=O) groups excluding carboxylic acids is 1. The SMILES string of the molecule is Cc1ccc(OC(=O)c2ccc(CN)cc2)cc1C.O=C(O)C(F)(F)F. The number of alkyl halides is 3. The molecule has 0 amide bonds. The molecular formula is C18H18F3NO4. The molecule has 0 aliphatic carbocycles. The number of aryl methyl sites for hydroxylation is 2. The van der Waals surface area contributed by atoms with E-state index in [4.69, 9.17) is 20.4 Å². The van der Waals surface area contributed by atoms with Crippen LogP contribution >= 0.6 is 0 Å². The van der Waals surface area contributed by atoms with Crippen LogP contribution in [0.2, 0.25) is 0 Å². The molecule has 0 radical (unpaired) electrons. The quantitative estimate of drug-likeness (QED) is 0.637. The lowest BCUT2D eigenvalue weighted by Gasteiger charge is -2.07. The van der Waals surface area contributed by atoms with Gasteiger partial charge in [0.25, 0.3) is 0 Å². The molecule has 140 valence electrons. The molecule has 2 aromatic carbocycles. The minimum atomic E-state index is -5.08. The highest BCUT2D eigenvalue weighted by atomic mass is 19.4. The average Bonchev–Trinajstić information content (AvgIpc) is 2.58. The fourth-order valence-corrected chi connectivity index (χ4v) is 1.72. The number of aliphatic carboxylic acids is 1. The zero-order valence-corrected chi connectivity index (χ0v) is 14.1. The maximum absolute atomic E-state index is 12.0. The maximum Gasteiger partial charge on any atom is 0.490 e. The fourth-order valence-electron chi connectivity index (χ4n) is 1.72.